The zero-order chi connectivity index (χ0) is 25.2. The van der Waals surface area contributed by atoms with Crippen LogP contribution in [0.3, 0.4) is 0 Å². The first-order valence-corrected chi connectivity index (χ1v) is 11.2. The van der Waals surface area contributed by atoms with Gasteiger partial charge in [0.2, 0.25) is 0 Å². The zero-order valence-corrected chi connectivity index (χ0v) is 21.5. The molecule has 36 heavy (non-hydrogen) atoms. The van der Waals surface area contributed by atoms with Crippen molar-refractivity contribution in [2.45, 2.75) is 32.3 Å². The van der Waals surface area contributed by atoms with Crippen molar-refractivity contribution < 1.29 is 14.3 Å². The van der Waals surface area contributed by atoms with E-state index >= 15 is 0 Å². The minimum absolute atomic E-state index is 0. The van der Waals surface area contributed by atoms with Crippen LogP contribution in [-0.4, -0.2) is 44.5 Å². The molecule has 4 rings (SSSR count). The molecule has 188 valence electrons. The smallest absolute Gasteiger partial charge is 0.254 e. The predicted molar refractivity (Wildman–Crippen MR) is 143 cm³/mol. The average Bonchev–Trinajstić information content (AvgIpc) is 2.86. The van der Waals surface area contributed by atoms with E-state index in [9.17, 15) is 14.3 Å². The van der Waals surface area contributed by atoms with Crippen LogP contribution in [0.25, 0.3) is 22.2 Å². The van der Waals surface area contributed by atoms with E-state index in [0.717, 1.165) is 17.3 Å². The van der Waals surface area contributed by atoms with Gasteiger partial charge in [0.05, 0.1) is 28.7 Å². The van der Waals surface area contributed by atoms with Gasteiger partial charge in [0.15, 0.2) is 5.82 Å². The number of benzene rings is 1. The van der Waals surface area contributed by atoms with Gasteiger partial charge in [-0.05, 0) is 31.5 Å². The van der Waals surface area contributed by atoms with E-state index in [1.807, 2.05) is 25.1 Å². The summed E-state index contributed by atoms with van der Waals surface area (Å²) in [6, 6.07) is 10.9. The number of hydrogen-bond acceptors (Lipinski definition) is 7. The van der Waals surface area contributed by atoms with Crippen LogP contribution in [0.4, 0.5) is 10.2 Å². The lowest BCUT2D eigenvalue weighted by Crippen LogP contribution is -2.20. The quantitative estimate of drug-likeness (QED) is 0.344. The molecule has 0 unspecified atom stereocenters. The van der Waals surface area contributed by atoms with Crippen molar-refractivity contribution in [1.82, 2.24) is 25.3 Å². The van der Waals surface area contributed by atoms with Gasteiger partial charge in [0.25, 0.3) is 5.91 Å². The van der Waals surface area contributed by atoms with E-state index in [0.29, 0.717) is 34.7 Å². The normalized spacial score (nSPS) is 12.1. The number of pyridine rings is 2. The van der Waals surface area contributed by atoms with Crippen LogP contribution in [0.2, 0.25) is 0 Å². The molecule has 0 radical (unpaired) electrons. The molecule has 3 aromatic heterocycles. The number of rotatable bonds is 7. The van der Waals surface area contributed by atoms with Gasteiger partial charge in [-0.1, -0.05) is 25.1 Å². The Morgan fingerprint density at radius 3 is 2.56 bits per heavy atom. The number of aromatic nitrogens is 4. The van der Waals surface area contributed by atoms with Crippen molar-refractivity contribution in [2.24, 2.45) is 0 Å². The zero-order valence-electron chi connectivity index (χ0n) is 20.5. The number of aliphatic hydroxyl groups is 1. The number of anilines is 1. The molecule has 0 spiro atoms. The first-order valence-electron chi connectivity index (χ1n) is 11.2. The van der Waals surface area contributed by atoms with Crippen molar-refractivity contribution in [1.29, 1.82) is 0 Å². The molecule has 0 aliphatic rings. The topological polar surface area (TPSA) is 113 Å². The highest BCUT2D eigenvalue weighted by atomic mass is 32.1. The second-order valence-corrected chi connectivity index (χ2v) is 8.87. The fourth-order valence-electron chi connectivity index (χ4n) is 3.86. The summed E-state index contributed by atoms with van der Waals surface area (Å²) < 4.78 is 14.4. The summed E-state index contributed by atoms with van der Waals surface area (Å²) in [7, 11) is 1.47. The first kappa shape index (κ1) is 27.0. The molecule has 10 heteroatoms. The standard InChI is InChI=1S/C26H27FN6O2.H2S/c1-15(17-6-5-7-18-23(25(34)28-4)19(27)13-31-24(17)18)11-30-22-10-20(32-14-33-22)16-8-9-21(29-12-16)26(2,3)35;/h5-10,12-15,35H,11H2,1-4H3,(H,28,34)(H,30,32,33);1H2/t15-;/m1./s1. The molecule has 1 aromatic carbocycles. The SMILES string of the molecule is CNC(=O)c1c(F)cnc2c([C@H](C)CNc3cc(-c4ccc(C(C)(C)O)nc4)ncn3)cccc12.S. The maximum Gasteiger partial charge on any atom is 0.254 e. The molecule has 3 heterocycles. The lowest BCUT2D eigenvalue weighted by Gasteiger charge is -2.17. The van der Waals surface area contributed by atoms with Gasteiger partial charge in [0, 0.05) is 42.7 Å². The Morgan fingerprint density at radius 1 is 1.11 bits per heavy atom. The molecule has 8 nitrogen and oxygen atoms in total. The second kappa shape index (κ2) is 11.0. The number of carbonyl (C=O) groups is 1. The maximum atomic E-state index is 14.4. The predicted octanol–water partition coefficient (Wildman–Crippen LogP) is 4.14. The van der Waals surface area contributed by atoms with Crippen molar-refractivity contribution in [3.63, 3.8) is 0 Å². The highest BCUT2D eigenvalue weighted by Crippen LogP contribution is 2.28. The summed E-state index contributed by atoms with van der Waals surface area (Å²) in [6.07, 6.45) is 4.24. The van der Waals surface area contributed by atoms with Crippen LogP contribution in [0, 0.1) is 5.82 Å². The Morgan fingerprint density at radius 2 is 1.89 bits per heavy atom. The maximum absolute atomic E-state index is 14.4. The summed E-state index contributed by atoms with van der Waals surface area (Å²) in [6.45, 7) is 5.92. The fraction of sp³-hybridized carbons (Fsp3) is 0.269. The Kier molecular flexibility index (Phi) is 8.21. The van der Waals surface area contributed by atoms with E-state index in [-0.39, 0.29) is 25.0 Å². The number of nitrogens with one attached hydrogen (secondary N) is 2. The third-order valence-electron chi connectivity index (χ3n) is 5.81. The van der Waals surface area contributed by atoms with Crippen molar-refractivity contribution in [3.05, 3.63) is 77.8 Å². The first-order chi connectivity index (χ1) is 16.7. The molecule has 0 bridgehead atoms. The molecule has 0 aliphatic carbocycles. The molecule has 0 saturated heterocycles. The van der Waals surface area contributed by atoms with Gasteiger partial charge in [-0.2, -0.15) is 13.5 Å². The number of carbonyl (C=O) groups excluding carboxylic acids is 1. The van der Waals surface area contributed by atoms with Crippen LogP contribution in [-0.2, 0) is 5.60 Å². The Labute approximate surface area is 215 Å². The minimum Gasteiger partial charge on any atom is -0.384 e. The molecule has 4 aromatic rings. The highest BCUT2D eigenvalue weighted by molar-refractivity contribution is 7.59. The van der Waals surface area contributed by atoms with E-state index in [4.69, 9.17) is 0 Å². The van der Waals surface area contributed by atoms with Gasteiger partial charge in [-0.25, -0.2) is 14.4 Å². The number of hydrogen-bond donors (Lipinski definition) is 3. The molecular weight excluding hydrogens is 479 g/mol. The Hall–Kier alpha value is -3.63. The Bertz CT molecular complexity index is 1380. The summed E-state index contributed by atoms with van der Waals surface area (Å²) in [5.41, 5.74) is 2.52. The van der Waals surface area contributed by atoms with Crippen LogP contribution in [0.1, 0.15) is 48.3 Å². The molecule has 1 atom stereocenters. The van der Waals surface area contributed by atoms with Crippen LogP contribution in [0.5, 0.6) is 0 Å². The van der Waals surface area contributed by atoms with E-state index in [1.54, 1.807) is 38.2 Å². The summed E-state index contributed by atoms with van der Waals surface area (Å²) in [4.78, 5) is 29.5. The van der Waals surface area contributed by atoms with Gasteiger partial charge in [-0.3, -0.25) is 14.8 Å². The molecule has 0 saturated carbocycles. The monoisotopic (exact) mass is 508 g/mol. The number of nitrogens with zero attached hydrogens (tertiary/aromatic N) is 4. The lowest BCUT2D eigenvalue weighted by molar-refractivity contribution is 0.0738. The number of halogens is 1. The number of para-hydroxylation sites is 1. The number of fused-ring (bicyclic) bond motifs is 1. The molecular formula is C26H29FN6O2S. The average molecular weight is 509 g/mol. The molecule has 0 aliphatic heterocycles. The largest absolute Gasteiger partial charge is 0.384 e. The van der Waals surface area contributed by atoms with Gasteiger partial charge in [-0.15, -0.1) is 0 Å². The summed E-state index contributed by atoms with van der Waals surface area (Å²) >= 11 is 0. The van der Waals surface area contributed by atoms with Gasteiger partial charge < -0.3 is 15.7 Å². The molecule has 0 fully saturated rings. The van der Waals surface area contributed by atoms with Gasteiger partial charge >= 0.3 is 0 Å². The van der Waals surface area contributed by atoms with Crippen LogP contribution in [0.15, 0.2) is 55.1 Å². The third kappa shape index (κ3) is 5.60. The van der Waals surface area contributed by atoms with E-state index in [1.165, 1.54) is 13.4 Å². The van der Waals surface area contributed by atoms with Crippen LogP contribution >= 0.6 is 13.5 Å². The Balaban J connectivity index is 0.00000361. The summed E-state index contributed by atoms with van der Waals surface area (Å²) in [5, 5.41) is 16.4. The molecule has 3 N–H and O–H groups in total. The van der Waals surface area contributed by atoms with Crippen LogP contribution < -0.4 is 10.6 Å². The van der Waals surface area contributed by atoms with E-state index < -0.39 is 17.3 Å². The number of amides is 1. The highest BCUT2D eigenvalue weighted by Gasteiger charge is 2.20. The van der Waals surface area contributed by atoms with Gasteiger partial charge in [0.1, 0.15) is 17.7 Å². The van der Waals surface area contributed by atoms with E-state index in [2.05, 4.69) is 30.6 Å². The van der Waals surface area contributed by atoms with Crippen molar-refractivity contribution in [2.75, 3.05) is 18.9 Å². The molecule has 1 amide bonds. The minimum atomic E-state index is -1.02. The fourth-order valence-corrected chi connectivity index (χ4v) is 3.86. The summed E-state index contributed by atoms with van der Waals surface area (Å²) in [5.74, 6) is -0.520. The lowest BCUT2D eigenvalue weighted by atomic mass is 9.96. The van der Waals surface area contributed by atoms with Crippen molar-refractivity contribution in [3.8, 4) is 11.3 Å². The third-order valence-corrected chi connectivity index (χ3v) is 5.81. The second-order valence-electron chi connectivity index (χ2n) is 8.87. The van der Waals surface area contributed by atoms with Crippen molar-refractivity contribution >= 4 is 36.1 Å².